The van der Waals surface area contributed by atoms with Crippen LogP contribution in [-0.4, -0.2) is 15.7 Å². The summed E-state index contributed by atoms with van der Waals surface area (Å²) >= 11 is 0. The van der Waals surface area contributed by atoms with Crippen molar-refractivity contribution in [3.8, 4) is 5.75 Å². The molecular weight excluding hydrogens is 238 g/mol. The number of hydrogen-bond donors (Lipinski definition) is 1. The van der Waals surface area contributed by atoms with Crippen LogP contribution in [-0.2, 0) is 6.54 Å². The maximum atomic E-state index is 6.22. The van der Waals surface area contributed by atoms with Gasteiger partial charge in [-0.15, -0.1) is 0 Å². The van der Waals surface area contributed by atoms with Crippen molar-refractivity contribution in [2.45, 2.75) is 39.5 Å². The van der Waals surface area contributed by atoms with E-state index in [0.717, 1.165) is 23.7 Å². The summed E-state index contributed by atoms with van der Waals surface area (Å²) in [5.41, 5.74) is 7.32. The van der Waals surface area contributed by atoms with E-state index in [0.29, 0.717) is 0 Å². The quantitative estimate of drug-likeness (QED) is 0.898. The van der Waals surface area contributed by atoms with Gasteiger partial charge in [-0.05, 0) is 38.5 Å². The van der Waals surface area contributed by atoms with Crippen molar-refractivity contribution in [1.29, 1.82) is 0 Å². The maximum Gasteiger partial charge on any atom is 0.119 e. The molecule has 4 heteroatoms. The highest BCUT2D eigenvalue weighted by molar-refractivity contribution is 5.29. The van der Waals surface area contributed by atoms with Crippen molar-refractivity contribution in [3.63, 3.8) is 0 Å². The molecule has 0 aliphatic rings. The standard InChI is InChI=1S/C15H21N3O/c1-11(2)19-14-6-4-13(5-7-14)15(16)10-18-9-8-17-12(18)3/h4-9,11,15H,10,16H2,1-3H3. The van der Waals surface area contributed by atoms with Gasteiger partial charge >= 0.3 is 0 Å². The number of nitrogens with zero attached hydrogens (tertiary/aromatic N) is 2. The van der Waals surface area contributed by atoms with Crippen LogP contribution < -0.4 is 10.5 Å². The summed E-state index contributed by atoms with van der Waals surface area (Å²) < 4.78 is 7.68. The summed E-state index contributed by atoms with van der Waals surface area (Å²) in [6, 6.07) is 7.94. The summed E-state index contributed by atoms with van der Waals surface area (Å²) in [6.07, 6.45) is 3.93. The Morgan fingerprint density at radius 1 is 1.26 bits per heavy atom. The third kappa shape index (κ3) is 3.58. The Hall–Kier alpha value is -1.81. The zero-order valence-corrected chi connectivity index (χ0v) is 11.7. The van der Waals surface area contributed by atoms with Gasteiger partial charge < -0.3 is 15.0 Å². The molecule has 2 aromatic rings. The first kappa shape index (κ1) is 13.6. The molecule has 4 nitrogen and oxygen atoms in total. The Morgan fingerprint density at radius 3 is 2.47 bits per heavy atom. The van der Waals surface area contributed by atoms with Crippen molar-refractivity contribution in [3.05, 3.63) is 48.0 Å². The van der Waals surface area contributed by atoms with Crippen LogP contribution in [0.15, 0.2) is 36.7 Å². The van der Waals surface area contributed by atoms with E-state index in [2.05, 4.69) is 9.55 Å². The number of ether oxygens (including phenoxy) is 1. The van der Waals surface area contributed by atoms with Crippen LogP contribution in [0.1, 0.15) is 31.3 Å². The predicted octanol–water partition coefficient (Wildman–Crippen LogP) is 2.68. The molecule has 1 aromatic carbocycles. The van der Waals surface area contributed by atoms with E-state index in [-0.39, 0.29) is 12.1 Å². The van der Waals surface area contributed by atoms with E-state index in [9.17, 15) is 0 Å². The van der Waals surface area contributed by atoms with Crippen LogP contribution in [0.3, 0.4) is 0 Å². The highest BCUT2D eigenvalue weighted by atomic mass is 16.5. The van der Waals surface area contributed by atoms with E-state index >= 15 is 0 Å². The molecule has 1 aromatic heterocycles. The molecule has 0 fully saturated rings. The first-order valence-corrected chi connectivity index (χ1v) is 6.56. The van der Waals surface area contributed by atoms with E-state index in [1.54, 1.807) is 6.20 Å². The predicted molar refractivity (Wildman–Crippen MR) is 76.1 cm³/mol. The number of aryl methyl sites for hydroxylation is 1. The van der Waals surface area contributed by atoms with Gasteiger partial charge in [0.15, 0.2) is 0 Å². The van der Waals surface area contributed by atoms with Crippen LogP contribution in [0.2, 0.25) is 0 Å². The lowest BCUT2D eigenvalue weighted by molar-refractivity contribution is 0.242. The van der Waals surface area contributed by atoms with Crippen LogP contribution in [0.5, 0.6) is 5.75 Å². The second-order valence-corrected chi connectivity index (χ2v) is 4.97. The molecule has 1 heterocycles. The fourth-order valence-electron chi connectivity index (χ4n) is 1.98. The number of aromatic nitrogens is 2. The van der Waals surface area contributed by atoms with E-state index in [4.69, 9.17) is 10.5 Å². The van der Waals surface area contributed by atoms with Crippen LogP contribution in [0.25, 0.3) is 0 Å². The minimum Gasteiger partial charge on any atom is -0.491 e. The Bertz CT molecular complexity index is 516. The normalized spacial score (nSPS) is 12.7. The zero-order valence-electron chi connectivity index (χ0n) is 11.7. The number of rotatable bonds is 5. The van der Waals surface area contributed by atoms with Crippen molar-refractivity contribution in [2.75, 3.05) is 0 Å². The monoisotopic (exact) mass is 259 g/mol. The van der Waals surface area contributed by atoms with Gasteiger partial charge in [-0.25, -0.2) is 4.98 Å². The highest BCUT2D eigenvalue weighted by Crippen LogP contribution is 2.19. The molecule has 0 radical (unpaired) electrons. The smallest absolute Gasteiger partial charge is 0.119 e. The Kier molecular flexibility index (Phi) is 4.22. The minimum absolute atomic E-state index is 0.0407. The van der Waals surface area contributed by atoms with Gasteiger partial charge in [0.2, 0.25) is 0 Å². The number of imidazole rings is 1. The molecule has 0 aliphatic heterocycles. The van der Waals surface area contributed by atoms with E-state index in [1.807, 2.05) is 51.2 Å². The second kappa shape index (κ2) is 5.89. The van der Waals surface area contributed by atoms with Gasteiger partial charge in [0.25, 0.3) is 0 Å². The van der Waals surface area contributed by atoms with Crippen molar-refractivity contribution in [1.82, 2.24) is 9.55 Å². The van der Waals surface area contributed by atoms with Gasteiger partial charge in [0.1, 0.15) is 11.6 Å². The lowest BCUT2D eigenvalue weighted by Crippen LogP contribution is -2.18. The van der Waals surface area contributed by atoms with Gasteiger partial charge in [0.05, 0.1) is 6.10 Å². The van der Waals surface area contributed by atoms with Crippen LogP contribution in [0, 0.1) is 6.92 Å². The largest absolute Gasteiger partial charge is 0.491 e. The Morgan fingerprint density at radius 2 is 1.95 bits per heavy atom. The Labute approximate surface area is 114 Å². The maximum absolute atomic E-state index is 6.22. The van der Waals surface area contributed by atoms with Gasteiger partial charge in [0, 0.05) is 25.0 Å². The molecule has 0 aliphatic carbocycles. The molecule has 0 bridgehead atoms. The third-order valence-corrected chi connectivity index (χ3v) is 3.00. The number of hydrogen-bond acceptors (Lipinski definition) is 3. The molecular formula is C15H21N3O. The molecule has 1 unspecified atom stereocenters. The highest BCUT2D eigenvalue weighted by Gasteiger charge is 2.08. The molecule has 0 amide bonds. The van der Waals surface area contributed by atoms with E-state index in [1.165, 1.54) is 0 Å². The van der Waals surface area contributed by atoms with Crippen LogP contribution in [0.4, 0.5) is 0 Å². The molecule has 0 saturated heterocycles. The fourth-order valence-corrected chi connectivity index (χ4v) is 1.98. The second-order valence-electron chi connectivity index (χ2n) is 4.97. The third-order valence-electron chi connectivity index (χ3n) is 3.00. The summed E-state index contributed by atoms with van der Waals surface area (Å²) in [5.74, 6) is 1.86. The lowest BCUT2D eigenvalue weighted by Gasteiger charge is -2.15. The van der Waals surface area contributed by atoms with Crippen molar-refractivity contribution in [2.24, 2.45) is 5.73 Å². The molecule has 102 valence electrons. The minimum atomic E-state index is -0.0407. The van der Waals surface area contributed by atoms with Gasteiger partial charge in [-0.1, -0.05) is 12.1 Å². The average Bonchev–Trinajstić information content (AvgIpc) is 2.75. The zero-order chi connectivity index (χ0) is 13.8. The fraction of sp³-hybridized carbons (Fsp3) is 0.400. The molecule has 2 rings (SSSR count). The summed E-state index contributed by atoms with van der Waals surface area (Å²) in [7, 11) is 0. The number of benzene rings is 1. The SMILES string of the molecule is Cc1nccn1CC(N)c1ccc(OC(C)C)cc1. The Balaban J connectivity index is 2.03. The summed E-state index contributed by atoms with van der Waals surface area (Å²) in [4.78, 5) is 4.20. The summed E-state index contributed by atoms with van der Waals surface area (Å²) in [5, 5.41) is 0. The molecule has 1 atom stereocenters. The first-order chi connectivity index (χ1) is 9.06. The molecule has 2 N–H and O–H groups in total. The van der Waals surface area contributed by atoms with E-state index < -0.39 is 0 Å². The van der Waals surface area contributed by atoms with Gasteiger partial charge in [-0.3, -0.25) is 0 Å². The topological polar surface area (TPSA) is 53.1 Å². The molecule has 0 saturated carbocycles. The van der Waals surface area contributed by atoms with Crippen molar-refractivity contribution < 1.29 is 4.74 Å². The first-order valence-electron chi connectivity index (χ1n) is 6.56. The van der Waals surface area contributed by atoms with Crippen molar-refractivity contribution >= 4 is 0 Å². The summed E-state index contributed by atoms with van der Waals surface area (Å²) in [6.45, 7) is 6.74. The van der Waals surface area contributed by atoms with Crippen LogP contribution >= 0.6 is 0 Å². The molecule has 19 heavy (non-hydrogen) atoms. The lowest BCUT2D eigenvalue weighted by atomic mass is 10.1. The molecule has 0 spiro atoms. The number of nitrogens with two attached hydrogens (primary N) is 1. The average molecular weight is 259 g/mol. The van der Waals surface area contributed by atoms with Gasteiger partial charge in [-0.2, -0.15) is 0 Å².